The average molecular weight is 155 g/mol. The molecule has 2 atom stereocenters. The normalized spacial score (nSPS) is 43.6. The van der Waals surface area contributed by atoms with E-state index in [0.717, 1.165) is 6.42 Å². The first kappa shape index (κ1) is 7.56. The van der Waals surface area contributed by atoms with Gasteiger partial charge in [-0.1, -0.05) is 6.92 Å². The lowest BCUT2D eigenvalue weighted by atomic mass is 10.2. The largest absolute Gasteiger partial charge is 0.391 e. The number of rotatable bonds is 2. The van der Waals surface area contributed by atoms with Gasteiger partial charge in [0.25, 0.3) is 0 Å². The summed E-state index contributed by atoms with van der Waals surface area (Å²) < 4.78 is 0. The van der Waals surface area contributed by atoms with Gasteiger partial charge in [-0.2, -0.15) is 0 Å². The number of aliphatic hydroxyl groups is 1. The minimum absolute atomic E-state index is 0.00319. The molecular weight excluding hydrogens is 138 g/mol. The maximum absolute atomic E-state index is 9.47. The maximum Gasteiger partial charge on any atom is 0.0743 e. The van der Waals surface area contributed by atoms with Crippen molar-refractivity contribution >= 4 is 0 Å². The van der Waals surface area contributed by atoms with Crippen molar-refractivity contribution in [1.82, 2.24) is 4.90 Å². The van der Waals surface area contributed by atoms with Crippen LogP contribution in [-0.2, 0) is 0 Å². The maximum atomic E-state index is 9.47. The van der Waals surface area contributed by atoms with E-state index in [1.165, 1.54) is 32.4 Å². The van der Waals surface area contributed by atoms with Gasteiger partial charge >= 0.3 is 0 Å². The second-order valence-corrected chi connectivity index (χ2v) is 3.91. The third-order valence-electron chi connectivity index (χ3n) is 3.17. The molecule has 0 radical (unpaired) electrons. The monoisotopic (exact) mass is 155 g/mol. The summed E-state index contributed by atoms with van der Waals surface area (Å²) in [5, 5.41) is 9.47. The summed E-state index contributed by atoms with van der Waals surface area (Å²) in [5.41, 5.74) is 0.260. The van der Waals surface area contributed by atoms with E-state index < -0.39 is 0 Å². The Bertz CT molecular complexity index is 160. The molecule has 2 unspecified atom stereocenters. The Balaban J connectivity index is 1.99. The van der Waals surface area contributed by atoms with Crippen molar-refractivity contribution in [3.8, 4) is 0 Å². The van der Waals surface area contributed by atoms with E-state index in [2.05, 4.69) is 11.8 Å². The molecule has 2 aliphatic rings. The van der Waals surface area contributed by atoms with Crippen molar-refractivity contribution < 1.29 is 5.11 Å². The molecule has 2 heteroatoms. The van der Waals surface area contributed by atoms with Gasteiger partial charge in [0.05, 0.1) is 6.10 Å². The molecule has 1 heterocycles. The van der Waals surface area contributed by atoms with Gasteiger partial charge in [-0.25, -0.2) is 0 Å². The van der Waals surface area contributed by atoms with Gasteiger partial charge in [-0.05, 0) is 38.8 Å². The van der Waals surface area contributed by atoms with Gasteiger partial charge in [-0.3, -0.25) is 4.90 Å². The lowest BCUT2D eigenvalue weighted by molar-refractivity contribution is 0.155. The van der Waals surface area contributed by atoms with Crippen LogP contribution in [0, 0.1) is 0 Å². The minimum Gasteiger partial charge on any atom is -0.391 e. The van der Waals surface area contributed by atoms with Gasteiger partial charge in [0, 0.05) is 5.54 Å². The summed E-state index contributed by atoms with van der Waals surface area (Å²) in [7, 11) is 0. The third kappa shape index (κ3) is 1.00. The minimum atomic E-state index is -0.00319. The Morgan fingerprint density at radius 2 is 2.36 bits per heavy atom. The van der Waals surface area contributed by atoms with E-state index >= 15 is 0 Å². The van der Waals surface area contributed by atoms with E-state index in [1.807, 2.05) is 0 Å². The van der Waals surface area contributed by atoms with Gasteiger partial charge in [0.2, 0.25) is 0 Å². The van der Waals surface area contributed by atoms with Crippen molar-refractivity contribution in [2.24, 2.45) is 0 Å². The van der Waals surface area contributed by atoms with E-state index in [4.69, 9.17) is 0 Å². The highest BCUT2D eigenvalue weighted by Crippen LogP contribution is 2.49. The Hall–Kier alpha value is -0.0800. The Morgan fingerprint density at radius 3 is 2.91 bits per heavy atom. The quantitative estimate of drug-likeness (QED) is 0.643. The van der Waals surface area contributed by atoms with Crippen molar-refractivity contribution in [3.63, 3.8) is 0 Å². The average Bonchev–Trinajstić information content (AvgIpc) is 2.40. The molecule has 0 bridgehead atoms. The summed E-state index contributed by atoms with van der Waals surface area (Å²) >= 11 is 0. The van der Waals surface area contributed by atoms with Crippen molar-refractivity contribution in [3.05, 3.63) is 0 Å². The molecule has 0 aromatic heterocycles. The summed E-state index contributed by atoms with van der Waals surface area (Å²) in [6.45, 7) is 4.60. The van der Waals surface area contributed by atoms with Crippen LogP contribution in [0.4, 0.5) is 0 Å². The molecular formula is C9H17NO. The molecule has 11 heavy (non-hydrogen) atoms. The highest BCUT2D eigenvalue weighted by Gasteiger charge is 2.58. The molecule has 1 N–H and O–H groups in total. The van der Waals surface area contributed by atoms with Crippen molar-refractivity contribution in [2.75, 3.05) is 13.1 Å². The SMILES string of the molecule is CCCN1CCCC12CC2O. The lowest BCUT2D eigenvalue weighted by Crippen LogP contribution is -2.34. The number of nitrogens with zero attached hydrogens (tertiary/aromatic N) is 1. The molecule has 64 valence electrons. The molecule has 1 saturated heterocycles. The van der Waals surface area contributed by atoms with Crippen LogP contribution in [0.5, 0.6) is 0 Å². The number of likely N-dealkylation sites (tertiary alicyclic amines) is 1. The van der Waals surface area contributed by atoms with E-state index in [1.54, 1.807) is 0 Å². The molecule has 1 saturated carbocycles. The molecule has 2 rings (SSSR count). The second kappa shape index (κ2) is 2.46. The fourth-order valence-corrected chi connectivity index (χ4v) is 2.45. The first-order valence-electron chi connectivity index (χ1n) is 4.73. The molecule has 0 aromatic rings. The fraction of sp³-hybridized carbons (Fsp3) is 1.00. The van der Waals surface area contributed by atoms with E-state index in [-0.39, 0.29) is 11.6 Å². The molecule has 2 nitrogen and oxygen atoms in total. The van der Waals surface area contributed by atoms with Crippen LogP contribution in [0.1, 0.15) is 32.6 Å². The molecule has 2 fully saturated rings. The zero-order chi connectivity index (χ0) is 7.90. The van der Waals surface area contributed by atoms with Crippen molar-refractivity contribution in [1.29, 1.82) is 0 Å². The van der Waals surface area contributed by atoms with Crippen LogP contribution in [0.25, 0.3) is 0 Å². The molecule has 0 aromatic carbocycles. The Morgan fingerprint density at radius 1 is 1.64 bits per heavy atom. The highest BCUT2D eigenvalue weighted by atomic mass is 16.3. The molecule has 0 amide bonds. The first-order chi connectivity index (χ1) is 5.29. The van der Waals surface area contributed by atoms with E-state index in [0.29, 0.717) is 0 Å². The summed E-state index contributed by atoms with van der Waals surface area (Å²) in [6, 6.07) is 0. The topological polar surface area (TPSA) is 23.5 Å². The van der Waals surface area contributed by atoms with E-state index in [9.17, 15) is 5.11 Å². The summed E-state index contributed by atoms with van der Waals surface area (Å²) in [4.78, 5) is 2.48. The number of hydrogen-bond donors (Lipinski definition) is 1. The van der Waals surface area contributed by atoms with Crippen LogP contribution in [0.2, 0.25) is 0 Å². The number of aliphatic hydroxyl groups excluding tert-OH is 1. The zero-order valence-electron chi connectivity index (χ0n) is 7.21. The van der Waals surface area contributed by atoms with Gasteiger partial charge < -0.3 is 5.11 Å². The van der Waals surface area contributed by atoms with Crippen LogP contribution < -0.4 is 0 Å². The van der Waals surface area contributed by atoms with Gasteiger partial charge in [-0.15, -0.1) is 0 Å². The fourth-order valence-electron chi connectivity index (χ4n) is 2.45. The zero-order valence-corrected chi connectivity index (χ0v) is 7.21. The van der Waals surface area contributed by atoms with Crippen LogP contribution in [0.15, 0.2) is 0 Å². The lowest BCUT2D eigenvalue weighted by Gasteiger charge is -2.23. The molecule has 1 spiro atoms. The molecule has 1 aliphatic heterocycles. The smallest absolute Gasteiger partial charge is 0.0743 e. The van der Waals surface area contributed by atoms with Gasteiger partial charge in [0.15, 0.2) is 0 Å². The summed E-state index contributed by atoms with van der Waals surface area (Å²) in [6.07, 6.45) is 4.77. The summed E-state index contributed by atoms with van der Waals surface area (Å²) in [5.74, 6) is 0. The van der Waals surface area contributed by atoms with Crippen LogP contribution in [-0.4, -0.2) is 34.7 Å². The predicted molar refractivity (Wildman–Crippen MR) is 44.5 cm³/mol. The number of hydrogen-bond acceptors (Lipinski definition) is 2. The standard InChI is InChI=1S/C9H17NO/c1-2-5-10-6-3-4-9(10)7-8(9)11/h8,11H,2-7H2,1H3. The third-order valence-corrected chi connectivity index (χ3v) is 3.17. The first-order valence-corrected chi connectivity index (χ1v) is 4.73. The van der Waals surface area contributed by atoms with Crippen molar-refractivity contribution in [2.45, 2.75) is 44.2 Å². The van der Waals surface area contributed by atoms with Gasteiger partial charge in [0.1, 0.15) is 0 Å². The Kier molecular flexibility index (Phi) is 1.69. The van der Waals surface area contributed by atoms with Crippen LogP contribution in [0.3, 0.4) is 0 Å². The Labute approximate surface area is 68.2 Å². The van der Waals surface area contributed by atoms with Crippen LogP contribution >= 0.6 is 0 Å². The molecule has 1 aliphatic carbocycles. The predicted octanol–water partition coefficient (Wildman–Crippen LogP) is 0.996. The highest BCUT2D eigenvalue weighted by molar-refractivity contribution is 5.15. The second-order valence-electron chi connectivity index (χ2n) is 3.91.